The molecule has 4 rings (SSSR count). The van der Waals surface area contributed by atoms with Crippen molar-refractivity contribution in [1.29, 1.82) is 0 Å². The van der Waals surface area contributed by atoms with Crippen molar-refractivity contribution in [2.24, 2.45) is 0 Å². The minimum absolute atomic E-state index is 0.00984. The van der Waals surface area contributed by atoms with Crippen molar-refractivity contribution in [2.75, 3.05) is 19.0 Å². The molecule has 0 spiro atoms. The lowest BCUT2D eigenvalue weighted by atomic mass is 10.2. The summed E-state index contributed by atoms with van der Waals surface area (Å²) in [6.45, 7) is -0.484. The molecule has 4 aromatic rings. The molecule has 38 heavy (non-hydrogen) atoms. The lowest BCUT2D eigenvalue weighted by molar-refractivity contribution is -0.119. The molecule has 1 N–H and O–H groups in total. The van der Waals surface area contributed by atoms with Gasteiger partial charge in [0, 0.05) is 29.6 Å². The van der Waals surface area contributed by atoms with Gasteiger partial charge in [-0.1, -0.05) is 71.7 Å². The molecule has 0 aliphatic carbocycles. The molecule has 0 radical (unpaired) electrons. The third-order valence-corrected chi connectivity index (χ3v) is 8.56. The lowest BCUT2D eigenvalue weighted by Crippen LogP contribution is -2.27. The Bertz CT molecular complexity index is 1580. The fraction of sp³-hybridized carbons (Fsp3) is 0.115. The number of ether oxygens (including phenoxy) is 1. The van der Waals surface area contributed by atoms with E-state index >= 15 is 0 Å². The van der Waals surface area contributed by atoms with Gasteiger partial charge in [0.2, 0.25) is 10.0 Å². The molecule has 1 aromatic heterocycles. The smallest absolute Gasteiger partial charge is 0.340 e. The lowest BCUT2D eigenvalue weighted by Gasteiger charge is -2.18. The zero-order valence-electron chi connectivity index (χ0n) is 19.9. The fourth-order valence-corrected chi connectivity index (χ4v) is 5.75. The van der Waals surface area contributed by atoms with E-state index in [4.69, 9.17) is 27.9 Å². The van der Waals surface area contributed by atoms with Crippen molar-refractivity contribution in [3.63, 3.8) is 0 Å². The predicted molar refractivity (Wildman–Crippen MR) is 148 cm³/mol. The minimum Gasteiger partial charge on any atom is -0.452 e. The maximum atomic E-state index is 13.1. The molecule has 1 heterocycles. The highest BCUT2D eigenvalue weighted by molar-refractivity contribution is 7.89. The topological polar surface area (TPSA) is 106 Å². The van der Waals surface area contributed by atoms with Gasteiger partial charge in [-0.25, -0.2) is 18.2 Å². The average molecular weight is 591 g/mol. The Hall–Kier alpha value is -3.28. The van der Waals surface area contributed by atoms with Gasteiger partial charge in [-0.2, -0.15) is 4.31 Å². The second-order valence-corrected chi connectivity index (χ2v) is 11.7. The van der Waals surface area contributed by atoms with Crippen molar-refractivity contribution >= 4 is 61.6 Å². The summed E-state index contributed by atoms with van der Waals surface area (Å²) in [4.78, 5) is 29.2. The van der Waals surface area contributed by atoms with Crippen molar-refractivity contribution in [1.82, 2.24) is 9.29 Å². The van der Waals surface area contributed by atoms with Crippen LogP contribution in [0.4, 0.5) is 5.13 Å². The monoisotopic (exact) mass is 589 g/mol. The second-order valence-electron chi connectivity index (χ2n) is 8.03. The van der Waals surface area contributed by atoms with Crippen LogP contribution in [0.2, 0.25) is 10.0 Å². The first-order chi connectivity index (χ1) is 18.1. The van der Waals surface area contributed by atoms with E-state index in [-0.39, 0.29) is 22.0 Å². The van der Waals surface area contributed by atoms with Crippen LogP contribution < -0.4 is 5.32 Å². The molecule has 0 unspecified atom stereocenters. The summed E-state index contributed by atoms with van der Waals surface area (Å²) in [7, 11) is -2.49. The van der Waals surface area contributed by atoms with Crippen LogP contribution in [0.1, 0.15) is 15.9 Å². The minimum atomic E-state index is -3.93. The standard InChI is InChI=1S/C26H21Cl2N3O5S2/c1-31(14-17-7-3-2-4-8-17)38(34,35)18-11-12-22(28)20(13-18)25(33)36-15-24(32)30-26-29-23(16-37-26)19-9-5-6-10-21(19)27/h2-13,16H,14-15H2,1H3,(H,29,30,32). The number of rotatable bonds is 9. The first-order valence-corrected chi connectivity index (χ1v) is 14.2. The van der Waals surface area contributed by atoms with E-state index < -0.39 is 28.5 Å². The van der Waals surface area contributed by atoms with Gasteiger partial charge in [-0.3, -0.25) is 10.1 Å². The number of esters is 1. The summed E-state index contributed by atoms with van der Waals surface area (Å²) < 4.78 is 32.4. The molecule has 0 saturated heterocycles. The van der Waals surface area contributed by atoms with Gasteiger partial charge in [-0.05, 0) is 29.8 Å². The largest absolute Gasteiger partial charge is 0.452 e. The molecule has 0 bridgehead atoms. The molecule has 1 amide bonds. The normalized spacial score (nSPS) is 11.4. The van der Waals surface area contributed by atoms with Gasteiger partial charge in [0.25, 0.3) is 5.91 Å². The highest BCUT2D eigenvalue weighted by atomic mass is 35.5. The van der Waals surface area contributed by atoms with Crippen molar-refractivity contribution in [3.8, 4) is 11.3 Å². The van der Waals surface area contributed by atoms with Crippen LogP contribution in [0.15, 0.2) is 83.1 Å². The summed E-state index contributed by atoms with van der Waals surface area (Å²) >= 11 is 13.5. The molecule has 3 aromatic carbocycles. The van der Waals surface area contributed by atoms with Gasteiger partial charge >= 0.3 is 5.97 Å². The van der Waals surface area contributed by atoms with Gasteiger partial charge in [-0.15, -0.1) is 11.3 Å². The number of sulfonamides is 1. The Morgan fingerprint density at radius 2 is 1.71 bits per heavy atom. The van der Waals surface area contributed by atoms with E-state index in [9.17, 15) is 18.0 Å². The van der Waals surface area contributed by atoms with Crippen LogP contribution in [-0.2, 0) is 26.1 Å². The van der Waals surface area contributed by atoms with Crippen LogP contribution in [0.25, 0.3) is 11.3 Å². The van der Waals surface area contributed by atoms with Crippen molar-refractivity contribution in [2.45, 2.75) is 11.4 Å². The average Bonchev–Trinajstić information content (AvgIpc) is 3.36. The SMILES string of the molecule is CN(Cc1ccccc1)S(=O)(=O)c1ccc(Cl)c(C(=O)OCC(=O)Nc2nc(-c3ccccc3Cl)cs2)c1. The molecule has 8 nitrogen and oxygen atoms in total. The predicted octanol–water partition coefficient (Wildman–Crippen LogP) is 5.73. The van der Waals surface area contributed by atoms with Gasteiger partial charge < -0.3 is 4.74 Å². The Morgan fingerprint density at radius 1 is 1.00 bits per heavy atom. The molecule has 0 aliphatic heterocycles. The fourth-order valence-electron chi connectivity index (χ4n) is 3.41. The summed E-state index contributed by atoms with van der Waals surface area (Å²) in [5.74, 6) is -1.57. The highest BCUT2D eigenvalue weighted by Crippen LogP contribution is 2.30. The third-order valence-electron chi connectivity index (χ3n) is 5.35. The Kier molecular flexibility index (Phi) is 8.80. The van der Waals surface area contributed by atoms with Crippen LogP contribution >= 0.6 is 34.5 Å². The summed E-state index contributed by atoms with van der Waals surface area (Å²) in [6, 6.07) is 20.0. The van der Waals surface area contributed by atoms with Crippen LogP contribution in [-0.4, -0.2) is 43.2 Å². The van der Waals surface area contributed by atoms with Crippen LogP contribution in [0.3, 0.4) is 0 Å². The highest BCUT2D eigenvalue weighted by Gasteiger charge is 2.24. The summed E-state index contributed by atoms with van der Waals surface area (Å²) in [6.07, 6.45) is 0. The van der Waals surface area contributed by atoms with Crippen LogP contribution in [0.5, 0.6) is 0 Å². The van der Waals surface area contributed by atoms with E-state index in [1.807, 2.05) is 42.5 Å². The third kappa shape index (κ3) is 6.58. The number of nitrogens with one attached hydrogen (secondary N) is 1. The van der Waals surface area contributed by atoms with E-state index in [0.29, 0.717) is 15.8 Å². The van der Waals surface area contributed by atoms with Crippen LogP contribution in [0, 0.1) is 0 Å². The molecule has 0 atom stereocenters. The maximum absolute atomic E-state index is 13.1. The molecular formula is C26H21Cl2N3O5S2. The van der Waals surface area contributed by atoms with Gasteiger partial charge in [0.1, 0.15) is 0 Å². The number of carbonyl (C=O) groups is 2. The van der Waals surface area contributed by atoms with E-state index in [0.717, 1.165) is 17.2 Å². The number of amides is 1. The van der Waals surface area contributed by atoms with E-state index in [2.05, 4.69) is 10.3 Å². The number of nitrogens with zero attached hydrogens (tertiary/aromatic N) is 2. The second kappa shape index (κ2) is 12.1. The number of hydrogen-bond acceptors (Lipinski definition) is 7. The number of hydrogen-bond donors (Lipinski definition) is 1. The molecule has 0 fully saturated rings. The van der Waals surface area contributed by atoms with Crippen molar-refractivity contribution < 1.29 is 22.7 Å². The summed E-state index contributed by atoms with van der Waals surface area (Å²) in [5.41, 5.74) is 1.94. The number of anilines is 1. The molecule has 196 valence electrons. The number of aromatic nitrogens is 1. The Morgan fingerprint density at radius 3 is 2.45 bits per heavy atom. The number of halogens is 2. The molecule has 0 aliphatic rings. The Balaban J connectivity index is 1.39. The zero-order valence-corrected chi connectivity index (χ0v) is 23.1. The van der Waals surface area contributed by atoms with E-state index in [1.54, 1.807) is 17.5 Å². The number of benzene rings is 3. The molecule has 12 heteroatoms. The first-order valence-electron chi connectivity index (χ1n) is 11.1. The van der Waals surface area contributed by atoms with Crippen molar-refractivity contribution in [3.05, 3.63) is 99.3 Å². The quantitative estimate of drug-likeness (QED) is 0.250. The maximum Gasteiger partial charge on any atom is 0.340 e. The molecular weight excluding hydrogens is 569 g/mol. The first kappa shape index (κ1) is 27.7. The van der Waals surface area contributed by atoms with Gasteiger partial charge in [0.15, 0.2) is 11.7 Å². The van der Waals surface area contributed by atoms with Gasteiger partial charge in [0.05, 0.1) is 21.2 Å². The Labute approximate surface area is 233 Å². The number of thiazole rings is 1. The van der Waals surface area contributed by atoms with E-state index in [1.165, 1.54) is 34.8 Å². The molecule has 0 saturated carbocycles. The number of carbonyl (C=O) groups excluding carboxylic acids is 2. The summed E-state index contributed by atoms with van der Waals surface area (Å²) in [5, 5.41) is 5.11. The zero-order chi connectivity index (χ0) is 27.3.